The summed E-state index contributed by atoms with van der Waals surface area (Å²) in [6.45, 7) is 5.15. The molecule has 0 aliphatic carbocycles. The van der Waals surface area contributed by atoms with Gasteiger partial charge in [0.25, 0.3) is 0 Å². The molecule has 2 rings (SSSR count). The van der Waals surface area contributed by atoms with Gasteiger partial charge in [-0.1, -0.05) is 12.1 Å². The van der Waals surface area contributed by atoms with Gasteiger partial charge in [-0.15, -0.1) is 0 Å². The Morgan fingerprint density at radius 2 is 2.20 bits per heavy atom. The van der Waals surface area contributed by atoms with Gasteiger partial charge in [0.15, 0.2) is 0 Å². The number of nitrogens with zero attached hydrogens (tertiary/aromatic N) is 1. The fraction of sp³-hybridized carbons (Fsp3) is 0.250. The molecule has 1 aromatic carbocycles. The van der Waals surface area contributed by atoms with E-state index in [0.29, 0.717) is 0 Å². The molecule has 2 N–H and O–H groups in total. The van der Waals surface area contributed by atoms with Gasteiger partial charge >= 0.3 is 0 Å². The Balaban J connectivity index is 2.38. The fourth-order valence-electron chi connectivity index (χ4n) is 1.59. The van der Waals surface area contributed by atoms with Crippen molar-refractivity contribution in [3.63, 3.8) is 0 Å². The van der Waals surface area contributed by atoms with Gasteiger partial charge in [0.05, 0.1) is 6.20 Å². The smallest absolute Gasteiger partial charge is 0.0565 e. The lowest BCUT2D eigenvalue weighted by atomic mass is 10.1. The highest BCUT2D eigenvalue weighted by molar-refractivity contribution is 5.68. The molecule has 78 valence electrons. The van der Waals surface area contributed by atoms with Gasteiger partial charge in [0.2, 0.25) is 0 Å². The van der Waals surface area contributed by atoms with Crippen LogP contribution in [0.1, 0.15) is 12.5 Å². The predicted molar refractivity (Wildman–Crippen MR) is 62.9 cm³/mol. The highest BCUT2D eigenvalue weighted by Gasteiger charge is 2.02. The van der Waals surface area contributed by atoms with Crippen LogP contribution in [-0.2, 0) is 0 Å². The first-order valence-corrected chi connectivity index (χ1v) is 5.15. The average molecular weight is 201 g/mol. The van der Waals surface area contributed by atoms with Gasteiger partial charge in [-0.3, -0.25) is 5.10 Å². The van der Waals surface area contributed by atoms with Gasteiger partial charge in [-0.2, -0.15) is 5.10 Å². The normalized spacial score (nSPS) is 10.3. The lowest BCUT2D eigenvalue weighted by Crippen LogP contribution is -1.98. The van der Waals surface area contributed by atoms with Gasteiger partial charge in [-0.25, -0.2) is 0 Å². The maximum Gasteiger partial charge on any atom is 0.0565 e. The highest BCUT2D eigenvalue weighted by Crippen LogP contribution is 2.24. The van der Waals surface area contributed by atoms with E-state index in [1.165, 1.54) is 16.8 Å². The van der Waals surface area contributed by atoms with E-state index in [-0.39, 0.29) is 0 Å². The third-order valence-electron chi connectivity index (χ3n) is 2.44. The van der Waals surface area contributed by atoms with Crippen LogP contribution in [-0.4, -0.2) is 16.7 Å². The third kappa shape index (κ3) is 2.01. The second-order valence-corrected chi connectivity index (χ2v) is 3.55. The molecular weight excluding hydrogens is 186 g/mol. The molecule has 0 fully saturated rings. The molecule has 0 radical (unpaired) electrons. The summed E-state index contributed by atoms with van der Waals surface area (Å²) in [6, 6.07) is 6.39. The molecule has 15 heavy (non-hydrogen) atoms. The first-order chi connectivity index (χ1) is 7.31. The van der Waals surface area contributed by atoms with Gasteiger partial charge < -0.3 is 5.32 Å². The number of nitrogens with one attached hydrogen (secondary N) is 2. The minimum Gasteiger partial charge on any atom is -0.385 e. The van der Waals surface area contributed by atoms with Crippen molar-refractivity contribution in [3.05, 3.63) is 36.2 Å². The predicted octanol–water partition coefficient (Wildman–Crippen LogP) is 2.82. The van der Waals surface area contributed by atoms with Crippen molar-refractivity contribution in [2.24, 2.45) is 0 Å². The molecule has 0 aliphatic rings. The van der Waals surface area contributed by atoms with Crippen LogP contribution < -0.4 is 5.32 Å². The molecule has 1 aromatic heterocycles. The molecule has 0 bridgehead atoms. The van der Waals surface area contributed by atoms with Gasteiger partial charge in [-0.05, 0) is 31.0 Å². The Morgan fingerprint density at radius 1 is 1.33 bits per heavy atom. The van der Waals surface area contributed by atoms with E-state index in [0.717, 1.165) is 12.1 Å². The van der Waals surface area contributed by atoms with Gasteiger partial charge in [0, 0.05) is 24.0 Å². The van der Waals surface area contributed by atoms with Crippen molar-refractivity contribution in [1.82, 2.24) is 10.2 Å². The van der Waals surface area contributed by atoms with Crippen molar-refractivity contribution in [1.29, 1.82) is 0 Å². The van der Waals surface area contributed by atoms with Crippen LogP contribution in [0, 0.1) is 6.92 Å². The van der Waals surface area contributed by atoms with Gasteiger partial charge in [0.1, 0.15) is 0 Å². The molecule has 3 nitrogen and oxygen atoms in total. The summed E-state index contributed by atoms with van der Waals surface area (Å²) < 4.78 is 0. The minimum absolute atomic E-state index is 0.940. The second-order valence-electron chi connectivity index (χ2n) is 3.55. The molecule has 0 atom stereocenters. The number of anilines is 1. The van der Waals surface area contributed by atoms with Crippen molar-refractivity contribution in [2.45, 2.75) is 13.8 Å². The summed E-state index contributed by atoms with van der Waals surface area (Å²) in [5.41, 5.74) is 4.76. The molecular formula is C12H15N3. The average Bonchev–Trinajstić information content (AvgIpc) is 2.75. The van der Waals surface area contributed by atoms with Crippen LogP contribution in [0.25, 0.3) is 11.1 Å². The zero-order valence-corrected chi connectivity index (χ0v) is 9.04. The summed E-state index contributed by atoms with van der Waals surface area (Å²) in [7, 11) is 0. The fourth-order valence-corrected chi connectivity index (χ4v) is 1.59. The molecule has 2 aromatic rings. The summed E-state index contributed by atoms with van der Waals surface area (Å²) in [5.74, 6) is 0. The van der Waals surface area contributed by atoms with Crippen LogP contribution in [0.4, 0.5) is 5.69 Å². The van der Waals surface area contributed by atoms with E-state index < -0.39 is 0 Å². The summed E-state index contributed by atoms with van der Waals surface area (Å²) >= 11 is 0. The first-order valence-electron chi connectivity index (χ1n) is 5.15. The SMILES string of the molecule is CCNc1cc(-c2cn[nH]c2)ccc1C. The number of aromatic amines is 1. The van der Waals surface area contributed by atoms with Crippen LogP contribution in [0.2, 0.25) is 0 Å². The van der Waals surface area contributed by atoms with E-state index in [4.69, 9.17) is 0 Å². The van der Waals surface area contributed by atoms with Crippen LogP contribution in [0.3, 0.4) is 0 Å². The molecule has 3 heteroatoms. The molecule has 0 saturated heterocycles. The highest BCUT2D eigenvalue weighted by atomic mass is 15.1. The number of hydrogen-bond donors (Lipinski definition) is 2. The lowest BCUT2D eigenvalue weighted by molar-refractivity contribution is 1.09. The molecule has 0 aliphatic heterocycles. The molecule has 1 heterocycles. The third-order valence-corrected chi connectivity index (χ3v) is 2.44. The topological polar surface area (TPSA) is 40.7 Å². The zero-order chi connectivity index (χ0) is 10.7. The van der Waals surface area contributed by atoms with E-state index in [1.807, 2.05) is 12.4 Å². The van der Waals surface area contributed by atoms with Crippen molar-refractivity contribution < 1.29 is 0 Å². The van der Waals surface area contributed by atoms with E-state index >= 15 is 0 Å². The summed E-state index contributed by atoms with van der Waals surface area (Å²) in [6.07, 6.45) is 3.74. The van der Waals surface area contributed by atoms with Crippen LogP contribution in [0.15, 0.2) is 30.6 Å². The lowest BCUT2D eigenvalue weighted by Gasteiger charge is -2.08. The first kappa shape index (κ1) is 9.77. The van der Waals surface area contributed by atoms with Crippen molar-refractivity contribution in [3.8, 4) is 11.1 Å². The van der Waals surface area contributed by atoms with Crippen molar-refractivity contribution in [2.75, 3.05) is 11.9 Å². The molecule has 0 unspecified atom stereocenters. The minimum atomic E-state index is 0.940. The van der Waals surface area contributed by atoms with E-state index in [9.17, 15) is 0 Å². The van der Waals surface area contributed by atoms with E-state index in [1.54, 1.807) is 0 Å². The zero-order valence-electron chi connectivity index (χ0n) is 9.04. The van der Waals surface area contributed by atoms with E-state index in [2.05, 4.69) is 47.6 Å². The Hall–Kier alpha value is -1.77. The second kappa shape index (κ2) is 4.17. The maximum absolute atomic E-state index is 3.95. The summed E-state index contributed by atoms with van der Waals surface area (Å²) in [5, 5.41) is 10.1. The van der Waals surface area contributed by atoms with Crippen LogP contribution in [0.5, 0.6) is 0 Å². The molecule has 0 saturated carbocycles. The molecule has 0 amide bonds. The van der Waals surface area contributed by atoms with Crippen molar-refractivity contribution >= 4 is 5.69 Å². The standard InChI is InChI=1S/C12H15N3/c1-3-13-12-6-10(5-4-9(12)2)11-7-14-15-8-11/h4-8,13H,3H2,1-2H3,(H,14,15). The number of hydrogen-bond acceptors (Lipinski definition) is 2. The Morgan fingerprint density at radius 3 is 2.87 bits per heavy atom. The molecule has 0 spiro atoms. The Bertz CT molecular complexity index is 432. The maximum atomic E-state index is 3.95. The number of rotatable bonds is 3. The Kier molecular flexibility index (Phi) is 2.72. The number of aromatic nitrogens is 2. The Labute approximate surface area is 89.5 Å². The number of aryl methyl sites for hydroxylation is 1. The monoisotopic (exact) mass is 201 g/mol. The summed E-state index contributed by atoms with van der Waals surface area (Å²) in [4.78, 5) is 0. The van der Waals surface area contributed by atoms with Crippen LogP contribution >= 0.6 is 0 Å². The largest absolute Gasteiger partial charge is 0.385 e. The number of benzene rings is 1. The quantitative estimate of drug-likeness (QED) is 0.801. The number of H-pyrrole nitrogens is 1.